The van der Waals surface area contributed by atoms with Crippen LogP contribution in [-0.2, 0) is 0 Å². The van der Waals surface area contributed by atoms with Gasteiger partial charge in [0, 0.05) is 10.9 Å². The van der Waals surface area contributed by atoms with Crippen LogP contribution in [0, 0.1) is 5.82 Å². The van der Waals surface area contributed by atoms with Gasteiger partial charge in [0.05, 0.1) is 11.1 Å². The number of hydrogen-bond donors (Lipinski definition) is 0. The van der Waals surface area contributed by atoms with Gasteiger partial charge in [0.25, 0.3) is 0 Å². The van der Waals surface area contributed by atoms with E-state index >= 15 is 0 Å². The Morgan fingerprint density at radius 3 is 2.45 bits per heavy atom. The summed E-state index contributed by atoms with van der Waals surface area (Å²) >= 11 is 6.07. The van der Waals surface area contributed by atoms with Gasteiger partial charge >= 0.3 is 0 Å². The maximum atomic E-state index is 13.1. The van der Waals surface area contributed by atoms with Crippen molar-refractivity contribution in [2.45, 2.75) is 0 Å². The second kappa shape index (κ2) is 5.02. The standard InChI is InChI=1S/C16H9ClFNO/c17-16-13(9-20)15(10-5-7-11(18)8-6-10)12-3-1-2-4-14(12)19-16/h1-9H. The number of rotatable bonds is 2. The zero-order valence-electron chi connectivity index (χ0n) is 10.3. The van der Waals surface area contributed by atoms with E-state index in [-0.39, 0.29) is 11.0 Å². The van der Waals surface area contributed by atoms with Crippen molar-refractivity contribution in [3.05, 3.63) is 65.1 Å². The van der Waals surface area contributed by atoms with Crippen molar-refractivity contribution in [1.29, 1.82) is 0 Å². The molecule has 0 aliphatic carbocycles. The van der Waals surface area contributed by atoms with E-state index in [4.69, 9.17) is 11.6 Å². The summed E-state index contributed by atoms with van der Waals surface area (Å²) in [4.78, 5) is 15.5. The van der Waals surface area contributed by atoms with Crippen LogP contribution in [0.4, 0.5) is 4.39 Å². The second-order valence-electron chi connectivity index (χ2n) is 4.33. The average Bonchev–Trinajstić information content (AvgIpc) is 2.47. The average molecular weight is 286 g/mol. The molecule has 2 aromatic carbocycles. The van der Waals surface area contributed by atoms with Gasteiger partial charge in [-0.2, -0.15) is 0 Å². The first-order valence-corrected chi connectivity index (χ1v) is 6.38. The molecule has 2 nitrogen and oxygen atoms in total. The fourth-order valence-electron chi connectivity index (χ4n) is 2.23. The predicted octanol–water partition coefficient (Wildman–Crippen LogP) is 4.51. The second-order valence-corrected chi connectivity index (χ2v) is 4.69. The molecule has 0 unspecified atom stereocenters. The topological polar surface area (TPSA) is 30.0 Å². The fraction of sp³-hybridized carbons (Fsp3) is 0. The van der Waals surface area contributed by atoms with Gasteiger partial charge in [-0.25, -0.2) is 9.37 Å². The van der Waals surface area contributed by atoms with E-state index in [9.17, 15) is 9.18 Å². The molecule has 0 bridgehead atoms. The lowest BCUT2D eigenvalue weighted by Crippen LogP contribution is -1.95. The lowest BCUT2D eigenvalue weighted by Gasteiger charge is -2.11. The first-order chi connectivity index (χ1) is 9.70. The minimum absolute atomic E-state index is 0.151. The Morgan fingerprint density at radius 2 is 1.75 bits per heavy atom. The molecular weight excluding hydrogens is 277 g/mol. The first kappa shape index (κ1) is 12.8. The van der Waals surface area contributed by atoms with Crippen LogP contribution in [0.5, 0.6) is 0 Å². The number of carbonyl (C=O) groups is 1. The third kappa shape index (κ3) is 2.06. The summed E-state index contributed by atoms with van der Waals surface area (Å²) in [6, 6.07) is 13.4. The minimum atomic E-state index is -0.328. The van der Waals surface area contributed by atoms with Crippen LogP contribution in [0.15, 0.2) is 48.5 Å². The molecule has 3 rings (SSSR count). The third-order valence-electron chi connectivity index (χ3n) is 3.13. The van der Waals surface area contributed by atoms with Crippen LogP contribution in [-0.4, -0.2) is 11.3 Å². The summed E-state index contributed by atoms with van der Waals surface area (Å²) in [5.74, 6) is -0.328. The van der Waals surface area contributed by atoms with Crippen LogP contribution < -0.4 is 0 Å². The molecule has 1 aromatic heterocycles. The Balaban J connectivity index is 2.42. The number of halogens is 2. The summed E-state index contributed by atoms with van der Waals surface area (Å²) in [5.41, 5.74) is 2.42. The Kier molecular flexibility index (Phi) is 3.20. The molecule has 0 amide bonds. The SMILES string of the molecule is O=Cc1c(Cl)nc2ccccc2c1-c1ccc(F)cc1. The number of nitrogens with zero attached hydrogens (tertiary/aromatic N) is 1. The number of hydrogen-bond acceptors (Lipinski definition) is 2. The first-order valence-electron chi connectivity index (χ1n) is 6.00. The minimum Gasteiger partial charge on any atom is -0.298 e. The zero-order chi connectivity index (χ0) is 14.1. The number of fused-ring (bicyclic) bond motifs is 1. The number of carbonyl (C=O) groups excluding carboxylic acids is 1. The summed E-state index contributed by atoms with van der Waals surface area (Å²) < 4.78 is 13.1. The molecule has 0 radical (unpaired) electrons. The Labute approximate surface area is 119 Å². The quantitative estimate of drug-likeness (QED) is 0.512. The molecule has 0 N–H and O–H groups in total. The van der Waals surface area contributed by atoms with Gasteiger partial charge in [-0.05, 0) is 23.8 Å². The molecule has 20 heavy (non-hydrogen) atoms. The van der Waals surface area contributed by atoms with Crippen molar-refractivity contribution in [3.8, 4) is 11.1 Å². The monoisotopic (exact) mass is 285 g/mol. The van der Waals surface area contributed by atoms with Crippen molar-refractivity contribution in [2.75, 3.05) is 0 Å². The Hall–Kier alpha value is -2.26. The number of benzene rings is 2. The van der Waals surface area contributed by atoms with Crippen LogP contribution >= 0.6 is 11.6 Å². The molecular formula is C16H9ClFNO. The molecule has 98 valence electrons. The molecule has 0 aliphatic rings. The maximum absolute atomic E-state index is 13.1. The maximum Gasteiger partial charge on any atom is 0.153 e. The van der Waals surface area contributed by atoms with Gasteiger partial charge in [-0.15, -0.1) is 0 Å². The molecule has 0 aliphatic heterocycles. The normalized spacial score (nSPS) is 10.7. The van der Waals surface area contributed by atoms with Gasteiger partial charge in [0.2, 0.25) is 0 Å². The van der Waals surface area contributed by atoms with Crippen LogP contribution in [0.1, 0.15) is 10.4 Å². The summed E-state index contributed by atoms with van der Waals surface area (Å²) in [5, 5.41) is 0.962. The lowest BCUT2D eigenvalue weighted by molar-refractivity contribution is 0.112. The van der Waals surface area contributed by atoms with Crippen molar-refractivity contribution in [3.63, 3.8) is 0 Å². The smallest absolute Gasteiger partial charge is 0.153 e. The summed E-state index contributed by atoms with van der Waals surface area (Å²) in [6.45, 7) is 0. The van der Waals surface area contributed by atoms with Crippen LogP contribution in [0.25, 0.3) is 22.0 Å². The van der Waals surface area contributed by atoms with E-state index < -0.39 is 0 Å². The van der Waals surface area contributed by atoms with Gasteiger partial charge in [0.15, 0.2) is 6.29 Å². The summed E-state index contributed by atoms with van der Waals surface area (Å²) in [6.07, 6.45) is 0.681. The Bertz CT molecular complexity index is 799. The fourth-order valence-corrected chi connectivity index (χ4v) is 2.46. The van der Waals surface area contributed by atoms with Gasteiger partial charge in [-0.1, -0.05) is 41.9 Å². The van der Waals surface area contributed by atoms with E-state index in [1.165, 1.54) is 12.1 Å². The molecule has 0 fully saturated rings. The molecule has 1 heterocycles. The van der Waals surface area contributed by atoms with Gasteiger partial charge in [-0.3, -0.25) is 4.79 Å². The van der Waals surface area contributed by atoms with Crippen LogP contribution in [0.3, 0.4) is 0 Å². The molecule has 0 saturated heterocycles. The van der Waals surface area contributed by atoms with Crippen molar-refractivity contribution < 1.29 is 9.18 Å². The van der Waals surface area contributed by atoms with E-state index in [0.717, 1.165) is 10.9 Å². The summed E-state index contributed by atoms with van der Waals surface area (Å²) in [7, 11) is 0. The molecule has 4 heteroatoms. The number of aromatic nitrogens is 1. The Morgan fingerprint density at radius 1 is 1.05 bits per heavy atom. The van der Waals surface area contributed by atoms with Crippen molar-refractivity contribution in [2.24, 2.45) is 0 Å². The molecule has 0 spiro atoms. The highest BCUT2D eigenvalue weighted by molar-refractivity contribution is 6.33. The number of pyridine rings is 1. The zero-order valence-corrected chi connectivity index (χ0v) is 11.1. The van der Waals surface area contributed by atoms with E-state index in [0.29, 0.717) is 22.9 Å². The highest BCUT2D eigenvalue weighted by Crippen LogP contribution is 2.33. The number of aldehydes is 1. The van der Waals surface area contributed by atoms with E-state index in [2.05, 4.69) is 4.98 Å². The molecule has 0 saturated carbocycles. The highest BCUT2D eigenvalue weighted by atomic mass is 35.5. The molecule has 0 atom stereocenters. The largest absolute Gasteiger partial charge is 0.298 e. The van der Waals surface area contributed by atoms with Gasteiger partial charge in [0.1, 0.15) is 11.0 Å². The highest BCUT2D eigenvalue weighted by Gasteiger charge is 2.14. The van der Waals surface area contributed by atoms with Crippen molar-refractivity contribution >= 4 is 28.8 Å². The van der Waals surface area contributed by atoms with Crippen LogP contribution in [0.2, 0.25) is 5.15 Å². The van der Waals surface area contributed by atoms with E-state index in [1.807, 2.05) is 24.3 Å². The van der Waals surface area contributed by atoms with E-state index in [1.54, 1.807) is 12.1 Å². The van der Waals surface area contributed by atoms with Crippen molar-refractivity contribution in [1.82, 2.24) is 4.98 Å². The predicted molar refractivity (Wildman–Crippen MR) is 77.5 cm³/mol. The lowest BCUT2D eigenvalue weighted by atomic mass is 9.97. The molecule has 3 aromatic rings. The van der Waals surface area contributed by atoms with Gasteiger partial charge < -0.3 is 0 Å². The number of para-hydroxylation sites is 1. The third-order valence-corrected chi connectivity index (χ3v) is 3.42.